The summed E-state index contributed by atoms with van der Waals surface area (Å²) in [6, 6.07) is 8.15. The van der Waals surface area contributed by atoms with Crippen molar-refractivity contribution in [2.75, 3.05) is 0 Å². The Labute approximate surface area is 82.7 Å². The fourth-order valence-corrected chi connectivity index (χ4v) is 2.07. The first-order chi connectivity index (χ1) is 6.84. The highest BCUT2D eigenvalue weighted by Gasteiger charge is 2.32. The van der Waals surface area contributed by atoms with Crippen LogP contribution in [0.2, 0.25) is 0 Å². The maximum absolute atomic E-state index is 5.77. The summed E-state index contributed by atoms with van der Waals surface area (Å²) in [5, 5.41) is 0. The topological polar surface area (TPSA) is 35.2 Å². The van der Waals surface area contributed by atoms with Crippen molar-refractivity contribution in [3.63, 3.8) is 0 Å². The van der Waals surface area contributed by atoms with Gasteiger partial charge in [0.15, 0.2) is 0 Å². The molecular formula is C12H11NO. The van der Waals surface area contributed by atoms with E-state index >= 15 is 0 Å². The van der Waals surface area contributed by atoms with E-state index in [0.29, 0.717) is 5.92 Å². The average molecular weight is 185 g/mol. The summed E-state index contributed by atoms with van der Waals surface area (Å²) in [6.45, 7) is 0. The Kier molecular flexibility index (Phi) is 1.45. The summed E-state index contributed by atoms with van der Waals surface area (Å²) in [5.74, 6) is 1.33. The van der Waals surface area contributed by atoms with E-state index in [-0.39, 0.29) is 6.10 Å². The van der Waals surface area contributed by atoms with Crippen molar-refractivity contribution in [2.45, 2.75) is 12.0 Å². The van der Waals surface area contributed by atoms with Crippen LogP contribution >= 0.6 is 0 Å². The lowest BCUT2D eigenvalue weighted by atomic mass is 9.91. The third-order valence-corrected chi connectivity index (χ3v) is 2.75. The molecule has 0 saturated heterocycles. The van der Waals surface area contributed by atoms with E-state index in [1.165, 1.54) is 5.56 Å². The Hall–Kier alpha value is -1.70. The van der Waals surface area contributed by atoms with Crippen molar-refractivity contribution in [1.29, 1.82) is 0 Å². The Bertz CT molecular complexity index is 434. The van der Waals surface area contributed by atoms with Crippen molar-refractivity contribution in [3.05, 3.63) is 53.8 Å². The number of benzene rings is 1. The summed E-state index contributed by atoms with van der Waals surface area (Å²) in [4.78, 5) is 0. The minimum atomic E-state index is 0.0948. The van der Waals surface area contributed by atoms with Crippen LogP contribution in [0, 0.1) is 0 Å². The van der Waals surface area contributed by atoms with Crippen LogP contribution in [0.25, 0.3) is 0 Å². The SMILES string of the molecule is NC1=CC2Oc3ccccc3C2C=C1. The Morgan fingerprint density at radius 3 is 3.00 bits per heavy atom. The molecule has 0 bridgehead atoms. The number of allylic oxidation sites excluding steroid dienone is 1. The number of fused-ring (bicyclic) bond motifs is 3. The molecule has 0 saturated carbocycles. The normalized spacial score (nSPS) is 27.6. The number of ether oxygens (including phenoxy) is 1. The van der Waals surface area contributed by atoms with Crippen LogP contribution in [-0.2, 0) is 0 Å². The smallest absolute Gasteiger partial charge is 0.130 e. The molecule has 2 atom stereocenters. The van der Waals surface area contributed by atoms with Crippen molar-refractivity contribution in [1.82, 2.24) is 0 Å². The van der Waals surface area contributed by atoms with Crippen molar-refractivity contribution >= 4 is 0 Å². The fraction of sp³-hybridized carbons (Fsp3) is 0.167. The van der Waals surface area contributed by atoms with E-state index in [0.717, 1.165) is 11.4 Å². The Morgan fingerprint density at radius 2 is 2.07 bits per heavy atom. The van der Waals surface area contributed by atoms with Gasteiger partial charge in [-0.3, -0.25) is 0 Å². The zero-order valence-corrected chi connectivity index (χ0v) is 7.68. The van der Waals surface area contributed by atoms with E-state index in [2.05, 4.69) is 12.1 Å². The molecule has 1 aromatic rings. The zero-order valence-electron chi connectivity index (χ0n) is 7.68. The van der Waals surface area contributed by atoms with Crippen molar-refractivity contribution in [3.8, 4) is 5.75 Å². The van der Waals surface area contributed by atoms with Gasteiger partial charge >= 0.3 is 0 Å². The lowest BCUT2D eigenvalue weighted by Gasteiger charge is -2.16. The molecule has 0 aromatic heterocycles. The first-order valence-corrected chi connectivity index (χ1v) is 4.76. The molecule has 0 spiro atoms. The maximum Gasteiger partial charge on any atom is 0.130 e. The maximum atomic E-state index is 5.77. The third kappa shape index (κ3) is 0.970. The molecule has 2 unspecified atom stereocenters. The molecule has 14 heavy (non-hydrogen) atoms. The van der Waals surface area contributed by atoms with Crippen LogP contribution in [0.15, 0.2) is 48.2 Å². The lowest BCUT2D eigenvalue weighted by molar-refractivity contribution is 0.267. The Morgan fingerprint density at radius 1 is 1.21 bits per heavy atom. The largest absolute Gasteiger partial charge is 0.485 e. The summed E-state index contributed by atoms with van der Waals surface area (Å²) in [6.07, 6.45) is 6.14. The van der Waals surface area contributed by atoms with Gasteiger partial charge in [0.25, 0.3) is 0 Å². The van der Waals surface area contributed by atoms with E-state index in [9.17, 15) is 0 Å². The van der Waals surface area contributed by atoms with Gasteiger partial charge in [-0.15, -0.1) is 0 Å². The van der Waals surface area contributed by atoms with E-state index in [4.69, 9.17) is 10.5 Å². The molecule has 70 valence electrons. The van der Waals surface area contributed by atoms with Crippen LogP contribution in [-0.4, -0.2) is 6.10 Å². The molecule has 1 aliphatic carbocycles. The molecule has 0 fully saturated rings. The highest BCUT2D eigenvalue weighted by Crippen LogP contribution is 2.40. The number of hydrogen-bond donors (Lipinski definition) is 1. The van der Waals surface area contributed by atoms with Crippen LogP contribution in [0.5, 0.6) is 5.75 Å². The summed E-state index contributed by atoms with van der Waals surface area (Å²) in [7, 11) is 0. The molecule has 0 amide bonds. The summed E-state index contributed by atoms with van der Waals surface area (Å²) < 4.78 is 5.77. The minimum Gasteiger partial charge on any atom is -0.485 e. The molecule has 2 nitrogen and oxygen atoms in total. The van der Waals surface area contributed by atoms with Crippen LogP contribution in [0.4, 0.5) is 0 Å². The molecular weight excluding hydrogens is 174 g/mol. The van der Waals surface area contributed by atoms with Gasteiger partial charge in [0.2, 0.25) is 0 Å². The lowest BCUT2D eigenvalue weighted by Crippen LogP contribution is -2.19. The molecule has 1 aromatic carbocycles. The van der Waals surface area contributed by atoms with Crippen molar-refractivity contribution in [2.24, 2.45) is 5.73 Å². The number of rotatable bonds is 0. The van der Waals surface area contributed by atoms with E-state index in [1.54, 1.807) is 0 Å². The van der Waals surface area contributed by atoms with Gasteiger partial charge in [-0.2, -0.15) is 0 Å². The standard InChI is InChI=1S/C12H11NO/c13-8-5-6-10-9-3-1-2-4-11(9)14-12(10)7-8/h1-7,10,12H,13H2. The Balaban J connectivity index is 2.08. The predicted octanol–water partition coefficient (Wildman–Crippen LogP) is 1.94. The molecule has 2 N–H and O–H groups in total. The monoisotopic (exact) mass is 185 g/mol. The van der Waals surface area contributed by atoms with Gasteiger partial charge in [0, 0.05) is 17.2 Å². The molecule has 2 aliphatic rings. The molecule has 2 heteroatoms. The highest BCUT2D eigenvalue weighted by molar-refractivity contribution is 5.47. The van der Waals surface area contributed by atoms with Gasteiger partial charge in [-0.1, -0.05) is 24.3 Å². The molecule has 1 heterocycles. The van der Waals surface area contributed by atoms with Crippen molar-refractivity contribution < 1.29 is 4.74 Å². The number of hydrogen-bond acceptors (Lipinski definition) is 2. The van der Waals surface area contributed by atoms with Gasteiger partial charge in [0.05, 0.1) is 0 Å². The number of nitrogens with two attached hydrogens (primary N) is 1. The highest BCUT2D eigenvalue weighted by atomic mass is 16.5. The van der Waals surface area contributed by atoms with Gasteiger partial charge in [-0.05, 0) is 18.2 Å². The first kappa shape index (κ1) is 7.68. The van der Waals surface area contributed by atoms with E-state index < -0.39 is 0 Å². The first-order valence-electron chi connectivity index (χ1n) is 4.76. The van der Waals surface area contributed by atoms with Crippen LogP contribution in [0.3, 0.4) is 0 Å². The average Bonchev–Trinajstić information content (AvgIpc) is 2.54. The fourth-order valence-electron chi connectivity index (χ4n) is 2.07. The second kappa shape index (κ2) is 2.64. The molecule has 1 aliphatic heterocycles. The zero-order chi connectivity index (χ0) is 9.54. The quantitative estimate of drug-likeness (QED) is 0.670. The second-order valence-corrected chi connectivity index (χ2v) is 3.67. The molecule has 0 radical (unpaired) electrons. The van der Waals surface area contributed by atoms with Crippen LogP contribution < -0.4 is 10.5 Å². The molecule has 3 rings (SSSR count). The van der Waals surface area contributed by atoms with Gasteiger partial charge in [0.1, 0.15) is 11.9 Å². The van der Waals surface area contributed by atoms with Gasteiger partial charge < -0.3 is 10.5 Å². The minimum absolute atomic E-state index is 0.0948. The number of para-hydroxylation sites is 1. The predicted molar refractivity (Wildman–Crippen MR) is 55.0 cm³/mol. The summed E-state index contributed by atoms with van der Waals surface area (Å²) >= 11 is 0. The van der Waals surface area contributed by atoms with E-state index in [1.807, 2.05) is 30.4 Å². The summed E-state index contributed by atoms with van der Waals surface area (Å²) in [5.41, 5.74) is 7.77. The van der Waals surface area contributed by atoms with Gasteiger partial charge in [-0.25, -0.2) is 0 Å². The second-order valence-electron chi connectivity index (χ2n) is 3.67. The van der Waals surface area contributed by atoms with Crippen LogP contribution in [0.1, 0.15) is 11.5 Å². The third-order valence-electron chi connectivity index (χ3n) is 2.75.